The Bertz CT molecular complexity index is 859. The monoisotopic (exact) mass is 402 g/mol. The Balaban J connectivity index is 1.52. The van der Waals surface area contributed by atoms with Crippen LogP contribution in [0.1, 0.15) is 32.1 Å². The van der Waals surface area contributed by atoms with E-state index in [0.29, 0.717) is 18.8 Å². The van der Waals surface area contributed by atoms with Crippen LogP contribution in [0.4, 0.5) is 5.69 Å². The highest BCUT2D eigenvalue weighted by Crippen LogP contribution is 2.22. The molecule has 1 aliphatic heterocycles. The molecule has 0 radical (unpaired) electrons. The lowest BCUT2D eigenvalue weighted by molar-refractivity contribution is -0.116. The fourth-order valence-corrected chi connectivity index (χ4v) is 4.66. The van der Waals surface area contributed by atoms with Crippen LogP contribution in [0.5, 0.6) is 5.75 Å². The molecule has 1 saturated heterocycles. The van der Waals surface area contributed by atoms with Crippen molar-refractivity contribution >= 4 is 21.6 Å². The van der Waals surface area contributed by atoms with E-state index in [2.05, 4.69) is 5.32 Å². The number of sulfonamides is 1. The normalized spacial score (nSPS) is 15.6. The van der Waals surface area contributed by atoms with Crippen LogP contribution in [-0.4, -0.2) is 38.3 Å². The highest BCUT2D eigenvalue weighted by Gasteiger charge is 2.24. The Morgan fingerprint density at radius 2 is 1.57 bits per heavy atom. The molecule has 0 saturated carbocycles. The van der Waals surface area contributed by atoms with E-state index >= 15 is 0 Å². The predicted molar refractivity (Wildman–Crippen MR) is 109 cm³/mol. The quantitative estimate of drug-likeness (QED) is 0.767. The molecule has 0 aromatic heterocycles. The molecule has 3 rings (SSSR count). The minimum Gasteiger partial charge on any atom is -0.493 e. The van der Waals surface area contributed by atoms with Crippen molar-refractivity contribution in [2.24, 2.45) is 0 Å². The summed E-state index contributed by atoms with van der Waals surface area (Å²) in [7, 11) is -3.47. The van der Waals surface area contributed by atoms with Crippen LogP contribution in [-0.2, 0) is 14.8 Å². The summed E-state index contributed by atoms with van der Waals surface area (Å²) in [6.45, 7) is 1.42. The van der Waals surface area contributed by atoms with E-state index in [4.69, 9.17) is 4.74 Å². The molecular weight excluding hydrogens is 376 g/mol. The summed E-state index contributed by atoms with van der Waals surface area (Å²) in [5, 5.41) is 2.77. The maximum Gasteiger partial charge on any atom is 0.243 e. The summed E-state index contributed by atoms with van der Waals surface area (Å²) in [5.41, 5.74) is 0.569. The molecule has 1 aliphatic rings. The molecule has 6 nitrogen and oxygen atoms in total. The summed E-state index contributed by atoms with van der Waals surface area (Å²) in [6, 6.07) is 15.7. The molecule has 1 fully saturated rings. The second-order valence-corrected chi connectivity index (χ2v) is 8.74. The van der Waals surface area contributed by atoms with E-state index in [0.717, 1.165) is 31.4 Å². The largest absolute Gasteiger partial charge is 0.493 e. The molecule has 28 heavy (non-hydrogen) atoms. The van der Waals surface area contributed by atoms with Crippen molar-refractivity contribution in [2.45, 2.75) is 37.0 Å². The molecule has 1 N–H and O–H groups in total. The number of benzene rings is 2. The summed E-state index contributed by atoms with van der Waals surface area (Å²) in [4.78, 5) is 12.3. The third-order valence-corrected chi connectivity index (χ3v) is 6.59. The van der Waals surface area contributed by atoms with Gasteiger partial charge >= 0.3 is 0 Å². The second kappa shape index (κ2) is 9.71. The van der Waals surface area contributed by atoms with Gasteiger partial charge in [0, 0.05) is 18.8 Å². The van der Waals surface area contributed by atoms with Crippen molar-refractivity contribution < 1.29 is 17.9 Å². The molecule has 2 aromatic rings. The molecular formula is C21H26N2O4S. The molecule has 2 aromatic carbocycles. The number of para-hydroxylation sites is 1. The van der Waals surface area contributed by atoms with Gasteiger partial charge in [-0.2, -0.15) is 4.31 Å². The Labute approximate surface area is 166 Å². The first-order valence-electron chi connectivity index (χ1n) is 9.64. The number of nitrogens with zero attached hydrogens (tertiary/aromatic N) is 1. The van der Waals surface area contributed by atoms with E-state index in [9.17, 15) is 13.2 Å². The lowest BCUT2D eigenvalue weighted by Crippen LogP contribution is -2.31. The molecule has 0 atom stereocenters. The van der Waals surface area contributed by atoms with Crippen LogP contribution in [0.3, 0.4) is 0 Å². The lowest BCUT2D eigenvalue weighted by Gasteiger charge is -2.20. The van der Waals surface area contributed by atoms with Crippen LogP contribution in [0.15, 0.2) is 59.5 Å². The number of carbonyl (C=O) groups is 1. The first-order valence-corrected chi connectivity index (χ1v) is 11.1. The van der Waals surface area contributed by atoms with E-state index < -0.39 is 10.0 Å². The summed E-state index contributed by atoms with van der Waals surface area (Å²) in [6.07, 6.45) is 4.16. The van der Waals surface area contributed by atoms with Gasteiger partial charge < -0.3 is 10.1 Å². The van der Waals surface area contributed by atoms with Crippen molar-refractivity contribution in [2.75, 3.05) is 25.0 Å². The van der Waals surface area contributed by atoms with Gasteiger partial charge in [-0.25, -0.2) is 8.42 Å². The zero-order chi connectivity index (χ0) is 19.8. The van der Waals surface area contributed by atoms with Crippen LogP contribution in [0.25, 0.3) is 0 Å². The van der Waals surface area contributed by atoms with E-state index in [1.54, 1.807) is 28.6 Å². The zero-order valence-corrected chi connectivity index (χ0v) is 16.7. The average Bonchev–Trinajstić information content (AvgIpc) is 2.99. The van der Waals surface area contributed by atoms with Gasteiger partial charge in [-0.05, 0) is 49.2 Å². The minimum atomic E-state index is -3.47. The number of carbonyl (C=O) groups excluding carboxylic acids is 1. The Morgan fingerprint density at radius 1 is 0.929 bits per heavy atom. The maximum atomic E-state index is 12.8. The van der Waals surface area contributed by atoms with E-state index in [-0.39, 0.29) is 23.8 Å². The third-order valence-electron chi connectivity index (χ3n) is 4.68. The van der Waals surface area contributed by atoms with Gasteiger partial charge in [-0.3, -0.25) is 4.79 Å². The summed E-state index contributed by atoms with van der Waals surface area (Å²) < 4.78 is 32.6. The molecule has 1 heterocycles. The topological polar surface area (TPSA) is 75.7 Å². The van der Waals surface area contributed by atoms with Gasteiger partial charge in [0.2, 0.25) is 15.9 Å². The van der Waals surface area contributed by atoms with Crippen molar-refractivity contribution in [3.05, 3.63) is 54.6 Å². The van der Waals surface area contributed by atoms with Crippen LogP contribution in [0, 0.1) is 0 Å². The number of amides is 1. The van der Waals surface area contributed by atoms with Crippen LogP contribution < -0.4 is 10.1 Å². The Morgan fingerprint density at radius 3 is 2.21 bits per heavy atom. The highest BCUT2D eigenvalue weighted by atomic mass is 32.2. The fourth-order valence-electron chi connectivity index (χ4n) is 3.14. The number of ether oxygens (including phenoxy) is 1. The lowest BCUT2D eigenvalue weighted by atomic mass is 10.2. The van der Waals surface area contributed by atoms with Crippen molar-refractivity contribution in [3.8, 4) is 5.75 Å². The Hall–Kier alpha value is -2.38. The molecule has 0 spiro atoms. The van der Waals surface area contributed by atoms with E-state index in [1.165, 1.54) is 0 Å². The molecule has 0 bridgehead atoms. The fraction of sp³-hybridized carbons (Fsp3) is 0.381. The van der Waals surface area contributed by atoms with Gasteiger partial charge in [0.15, 0.2) is 0 Å². The number of anilines is 1. The van der Waals surface area contributed by atoms with Gasteiger partial charge in [0.25, 0.3) is 0 Å². The number of nitrogens with one attached hydrogen (secondary N) is 1. The number of rotatable bonds is 7. The van der Waals surface area contributed by atoms with Crippen molar-refractivity contribution in [3.63, 3.8) is 0 Å². The van der Waals surface area contributed by atoms with Gasteiger partial charge in [0.05, 0.1) is 17.9 Å². The van der Waals surface area contributed by atoms with Crippen LogP contribution >= 0.6 is 0 Å². The van der Waals surface area contributed by atoms with E-state index in [1.807, 2.05) is 30.3 Å². The number of hydrogen-bond acceptors (Lipinski definition) is 4. The highest BCUT2D eigenvalue weighted by molar-refractivity contribution is 7.89. The number of hydrogen-bond donors (Lipinski definition) is 1. The maximum absolute atomic E-state index is 12.8. The Kier molecular flexibility index (Phi) is 7.06. The first kappa shape index (κ1) is 20.4. The molecule has 0 unspecified atom stereocenters. The molecule has 0 aliphatic carbocycles. The third kappa shape index (κ3) is 5.56. The molecule has 1 amide bonds. The standard InChI is InChI=1S/C21H26N2O4S/c24-21(14-17-27-19-8-4-3-5-9-19)22-18-10-12-20(13-11-18)28(25,26)23-15-6-1-2-7-16-23/h3-5,8-13H,1-2,6-7,14-17H2,(H,22,24). The first-order chi connectivity index (χ1) is 13.6. The average molecular weight is 403 g/mol. The smallest absolute Gasteiger partial charge is 0.243 e. The summed E-state index contributed by atoms with van der Waals surface area (Å²) >= 11 is 0. The van der Waals surface area contributed by atoms with Gasteiger partial charge in [-0.1, -0.05) is 31.0 Å². The van der Waals surface area contributed by atoms with Crippen molar-refractivity contribution in [1.29, 1.82) is 0 Å². The summed E-state index contributed by atoms with van der Waals surface area (Å²) in [5.74, 6) is 0.539. The molecule has 7 heteroatoms. The van der Waals surface area contributed by atoms with Crippen molar-refractivity contribution in [1.82, 2.24) is 4.31 Å². The van der Waals surface area contributed by atoms with Gasteiger partial charge in [-0.15, -0.1) is 0 Å². The predicted octanol–water partition coefficient (Wildman–Crippen LogP) is 3.66. The minimum absolute atomic E-state index is 0.181. The van der Waals surface area contributed by atoms with Gasteiger partial charge in [0.1, 0.15) is 5.75 Å². The SMILES string of the molecule is O=C(CCOc1ccccc1)Nc1ccc(S(=O)(=O)N2CCCCCC2)cc1. The zero-order valence-electron chi connectivity index (χ0n) is 15.8. The van der Waals surface area contributed by atoms with Crippen LogP contribution in [0.2, 0.25) is 0 Å². The molecule has 150 valence electrons. The second-order valence-electron chi connectivity index (χ2n) is 6.80.